The number of fused-ring (bicyclic) bond motifs is 6. The highest BCUT2D eigenvalue weighted by Gasteiger charge is 2.59. The van der Waals surface area contributed by atoms with Gasteiger partial charge < -0.3 is 14.8 Å². The van der Waals surface area contributed by atoms with Crippen LogP contribution in [0.2, 0.25) is 0 Å². The lowest BCUT2D eigenvalue weighted by Gasteiger charge is -2.58. The van der Waals surface area contributed by atoms with Crippen LogP contribution in [0.25, 0.3) is 10.9 Å². The minimum absolute atomic E-state index is 0.350. The topological polar surface area (TPSA) is 43.4 Å². The highest BCUT2D eigenvalue weighted by molar-refractivity contribution is 5.95. The molecule has 1 aromatic heterocycles. The predicted octanol–water partition coefficient (Wildman–Crippen LogP) is 10.5. The van der Waals surface area contributed by atoms with Crippen molar-refractivity contribution in [2.75, 3.05) is 25.1 Å². The highest BCUT2D eigenvalue weighted by atomic mass is 16.5. The van der Waals surface area contributed by atoms with Gasteiger partial charge in [0.05, 0.1) is 19.3 Å². The second kappa shape index (κ2) is 13.3. The second-order valence-electron chi connectivity index (χ2n) is 15.9. The molecule has 3 fully saturated rings. The number of nitrogens with one attached hydrogen (secondary N) is 1. The summed E-state index contributed by atoms with van der Waals surface area (Å²) in [6.07, 6.45) is 20.0. The fourth-order valence-electron chi connectivity index (χ4n) is 10.8. The summed E-state index contributed by atoms with van der Waals surface area (Å²) in [5, 5.41) is 4.72. The number of aromatic nitrogens is 1. The highest BCUT2D eigenvalue weighted by Crippen LogP contribution is 2.67. The molecule has 4 nitrogen and oxygen atoms in total. The van der Waals surface area contributed by atoms with Gasteiger partial charge in [-0.25, -0.2) is 0 Å². The summed E-state index contributed by atoms with van der Waals surface area (Å²) in [6, 6.07) is 8.25. The summed E-state index contributed by atoms with van der Waals surface area (Å²) < 4.78 is 12.3. The van der Waals surface area contributed by atoms with Crippen molar-refractivity contribution in [2.24, 2.45) is 46.3 Å². The van der Waals surface area contributed by atoms with E-state index in [4.69, 9.17) is 9.47 Å². The van der Waals surface area contributed by atoms with E-state index in [0.717, 1.165) is 77.4 Å². The van der Waals surface area contributed by atoms with E-state index in [1.807, 2.05) is 25.3 Å². The van der Waals surface area contributed by atoms with Gasteiger partial charge in [-0.1, -0.05) is 65.5 Å². The smallest absolute Gasteiger partial charge is 0.145 e. The first kappa shape index (κ1) is 31.9. The Labute approximate surface area is 268 Å². The van der Waals surface area contributed by atoms with Crippen molar-refractivity contribution in [3.63, 3.8) is 0 Å². The Balaban J connectivity index is 1.04. The summed E-state index contributed by atoms with van der Waals surface area (Å²) in [6.45, 7) is 16.9. The molecule has 0 spiro atoms. The third-order valence-electron chi connectivity index (χ3n) is 13.1. The number of ether oxygens (including phenoxy) is 2. The molecular formula is C40H60N2O2. The minimum Gasteiger partial charge on any atom is -0.492 e. The number of hydrogen-bond donors (Lipinski definition) is 1. The van der Waals surface area contributed by atoms with Gasteiger partial charge in [0.1, 0.15) is 11.3 Å². The van der Waals surface area contributed by atoms with E-state index in [9.17, 15) is 0 Å². The first-order chi connectivity index (χ1) is 21.2. The summed E-state index contributed by atoms with van der Waals surface area (Å²) >= 11 is 0. The monoisotopic (exact) mass is 600 g/mol. The largest absolute Gasteiger partial charge is 0.492 e. The molecular weight excluding hydrogens is 540 g/mol. The number of allylic oxidation sites excluding steroid dienone is 1. The first-order valence-electron chi connectivity index (χ1n) is 18.3. The normalized spacial score (nSPS) is 33.8. The van der Waals surface area contributed by atoms with Crippen molar-refractivity contribution >= 4 is 16.6 Å². The Hall–Kier alpha value is -2.07. The van der Waals surface area contributed by atoms with Gasteiger partial charge in [-0.05, 0) is 129 Å². The van der Waals surface area contributed by atoms with Crippen LogP contribution in [0, 0.1) is 46.3 Å². The number of nitrogens with zero attached hydrogens (tertiary/aromatic N) is 1. The van der Waals surface area contributed by atoms with E-state index in [1.165, 1.54) is 64.2 Å². The summed E-state index contributed by atoms with van der Waals surface area (Å²) in [4.78, 5) is 4.58. The number of benzene rings is 1. The molecule has 0 aliphatic heterocycles. The van der Waals surface area contributed by atoms with E-state index in [1.54, 1.807) is 5.57 Å². The molecule has 2 aromatic rings. The summed E-state index contributed by atoms with van der Waals surface area (Å²) in [7, 11) is 0. The Morgan fingerprint density at radius 3 is 2.68 bits per heavy atom. The van der Waals surface area contributed by atoms with Gasteiger partial charge in [0.2, 0.25) is 0 Å². The van der Waals surface area contributed by atoms with Gasteiger partial charge in [-0.3, -0.25) is 4.98 Å². The molecule has 4 aliphatic carbocycles. The van der Waals surface area contributed by atoms with Crippen LogP contribution in [0.15, 0.2) is 42.1 Å². The lowest BCUT2D eigenvalue weighted by Crippen LogP contribution is -2.51. The maximum Gasteiger partial charge on any atom is 0.145 e. The Morgan fingerprint density at radius 2 is 1.86 bits per heavy atom. The van der Waals surface area contributed by atoms with Crippen LogP contribution in [0.5, 0.6) is 5.75 Å². The fourth-order valence-corrected chi connectivity index (χ4v) is 10.8. The van der Waals surface area contributed by atoms with Crippen molar-refractivity contribution in [3.8, 4) is 5.75 Å². The van der Waals surface area contributed by atoms with Gasteiger partial charge in [0.15, 0.2) is 0 Å². The standard InChI is InChI=1S/C40H60N2O2/c1-7-43-37-18-17-36(32-12-9-23-42-38(32)37)41-24-25-44-30-19-21-39(5)29(26-30)13-14-31-34-16-15-33(28(4)11-8-10-27(2)3)40(34,6)22-20-35(31)39/h9,12-13,17-18,23,27-28,30-31,33-35,41H,7-8,10-11,14-16,19-22,24-26H2,1-6H3/t28-,30+,31?,33-,34?,35?,39+,40-/m1/s1. The zero-order chi connectivity index (χ0) is 30.9. The molecule has 3 saturated carbocycles. The van der Waals surface area contributed by atoms with E-state index in [-0.39, 0.29) is 0 Å². The molecule has 0 radical (unpaired) electrons. The Kier molecular flexibility index (Phi) is 9.67. The van der Waals surface area contributed by atoms with Crippen LogP contribution in [0.1, 0.15) is 112 Å². The quantitative estimate of drug-likeness (QED) is 0.194. The average molecular weight is 601 g/mol. The van der Waals surface area contributed by atoms with Gasteiger partial charge >= 0.3 is 0 Å². The Morgan fingerprint density at radius 1 is 1.00 bits per heavy atom. The van der Waals surface area contributed by atoms with Gasteiger partial charge in [-0.15, -0.1) is 0 Å². The minimum atomic E-state index is 0.350. The van der Waals surface area contributed by atoms with Crippen LogP contribution in [0.4, 0.5) is 5.69 Å². The molecule has 242 valence electrons. The van der Waals surface area contributed by atoms with Crippen molar-refractivity contribution in [3.05, 3.63) is 42.1 Å². The van der Waals surface area contributed by atoms with E-state index >= 15 is 0 Å². The number of rotatable bonds is 12. The SMILES string of the molecule is CCOc1ccc(NCCO[C@H]2CC[C@@]3(C)C(=CCC4C3CC[C@@]3(C)C4CC[C@@H]3[C@H](C)CCCC(C)C)C2)c2cccnc12. The van der Waals surface area contributed by atoms with Crippen LogP contribution >= 0.6 is 0 Å². The maximum absolute atomic E-state index is 6.54. The molecule has 0 amide bonds. The maximum atomic E-state index is 6.54. The third kappa shape index (κ3) is 6.06. The molecule has 1 aromatic carbocycles. The lowest BCUT2D eigenvalue weighted by molar-refractivity contribution is -0.0632. The summed E-state index contributed by atoms with van der Waals surface area (Å²) in [5.74, 6) is 6.22. The molecule has 1 N–H and O–H groups in total. The van der Waals surface area contributed by atoms with E-state index in [0.29, 0.717) is 23.5 Å². The fraction of sp³-hybridized carbons (Fsp3) is 0.725. The zero-order valence-electron chi connectivity index (χ0n) is 28.7. The van der Waals surface area contributed by atoms with E-state index in [2.05, 4.69) is 63.1 Å². The molecule has 44 heavy (non-hydrogen) atoms. The molecule has 8 atom stereocenters. The van der Waals surface area contributed by atoms with Crippen molar-refractivity contribution in [1.29, 1.82) is 0 Å². The molecule has 3 unspecified atom stereocenters. The van der Waals surface area contributed by atoms with Crippen molar-refractivity contribution in [1.82, 2.24) is 4.98 Å². The molecule has 4 heteroatoms. The Bertz CT molecular complexity index is 1300. The molecule has 6 rings (SSSR count). The number of pyridine rings is 1. The van der Waals surface area contributed by atoms with Crippen LogP contribution in [0.3, 0.4) is 0 Å². The lowest BCUT2D eigenvalue weighted by atomic mass is 9.47. The van der Waals surface area contributed by atoms with Crippen LogP contribution < -0.4 is 10.1 Å². The van der Waals surface area contributed by atoms with Crippen molar-refractivity contribution in [2.45, 2.75) is 118 Å². The summed E-state index contributed by atoms with van der Waals surface area (Å²) in [5.41, 5.74) is 4.70. The average Bonchev–Trinajstić information content (AvgIpc) is 3.37. The molecule has 0 bridgehead atoms. The predicted molar refractivity (Wildman–Crippen MR) is 184 cm³/mol. The van der Waals surface area contributed by atoms with Crippen LogP contribution in [-0.2, 0) is 4.74 Å². The van der Waals surface area contributed by atoms with Gasteiger partial charge in [-0.2, -0.15) is 0 Å². The molecule has 1 heterocycles. The zero-order valence-corrected chi connectivity index (χ0v) is 28.7. The third-order valence-corrected chi connectivity index (χ3v) is 13.1. The number of anilines is 1. The van der Waals surface area contributed by atoms with Crippen LogP contribution in [-0.4, -0.2) is 30.8 Å². The van der Waals surface area contributed by atoms with Gasteiger partial charge in [0.25, 0.3) is 0 Å². The van der Waals surface area contributed by atoms with Crippen molar-refractivity contribution < 1.29 is 9.47 Å². The van der Waals surface area contributed by atoms with E-state index < -0.39 is 0 Å². The van der Waals surface area contributed by atoms with Gasteiger partial charge in [0, 0.05) is 23.8 Å². The second-order valence-corrected chi connectivity index (χ2v) is 15.9. The first-order valence-corrected chi connectivity index (χ1v) is 18.3. The molecule has 0 saturated heterocycles. The number of hydrogen-bond acceptors (Lipinski definition) is 4. The molecule has 4 aliphatic rings.